The summed E-state index contributed by atoms with van der Waals surface area (Å²) in [7, 11) is 1.57. The fraction of sp³-hybridized carbons (Fsp3) is 0.292. The summed E-state index contributed by atoms with van der Waals surface area (Å²) in [6.45, 7) is 0.345. The molecule has 7 nitrogen and oxygen atoms in total. The van der Waals surface area contributed by atoms with Gasteiger partial charge in [-0.1, -0.05) is 0 Å². The molecule has 0 unspecified atom stereocenters. The fourth-order valence-corrected chi connectivity index (χ4v) is 3.51. The van der Waals surface area contributed by atoms with E-state index in [2.05, 4.69) is 15.3 Å². The van der Waals surface area contributed by atoms with Gasteiger partial charge in [0.25, 0.3) is 5.91 Å². The summed E-state index contributed by atoms with van der Waals surface area (Å²) in [5.41, 5.74) is 1.42. The number of hydrogen-bond donors (Lipinski definition) is 1. The highest BCUT2D eigenvalue weighted by Gasteiger charge is 2.20. The number of nitrogens with one attached hydrogen (secondary N) is 1. The first-order chi connectivity index (χ1) is 15.2. The molecule has 0 saturated heterocycles. The van der Waals surface area contributed by atoms with Crippen molar-refractivity contribution >= 4 is 11.7 Å². The molecular formula is C24H25N3O4. The first-order valence-corrected chi connectivity index (χ1v) is 10.4. The maximum atomic E-state index is 12.9. The lowest BCUT2D eigenvalue weighted by Gasteiger charge is -2.16. The van der Waals surface area contributed by atoms with Crippen LogP contribution in [0, 0.1) is 0 Å². The number of anilines is 1. The minimum absolute atomic E-state index is 0.210. The molecule has 2 aromatic heterocycles. The van der Waals surface area contributed by atoms with E-state index in [1.165, 1.54) is 12.8 Å². The minimum atomic E-state index is -0.307. The molecule has 0 radical (unpaired) electrons. The third kappa shape index (κ3) is 5.31. The second-order valence-electron chi connectivity index (χ2n) is 7.34. The Hall–Kier alpha value is -3.61. The van der Waals surface area contributed by atoms with Crippen LogP contribution in [0.3, 0.4) is 0 Å². The smallest absolute Gasteiger partial charge is 0.257 e. The highest BCUT2D eigenvalue weighted by molar-refractivity contribution is 6.04. The molecule has 7 heteroatoms. The Labute approximate surface area is 181 Å². The van der Waals surface area contributed by atoms with Gasteiger partial charge in [-0.25, -0.2) is 4.98 Å². The van der Waals surface area contributed by atoms with Gasteiger partial charge in [-0.2, -0.15) is 0 Å². The third-order valence-electron chi connectivity index (χ3n) is 5.17. The van der Waals surface area contributed by atoms with Crippen molar-refractivity contribution in [2.24, 2.45) is 0 Å². The Kier molecular flexibility index (Phi) is 6.62. The number of amides is 1. The summed E-state index contributed by atoms with van der Waals surface area (Å²) < 4.78 is 17.4. The molecule has 160 valence electrons. The number of methoxy groups -OCH3 is 1. The number of nitrogens with zero attached hydrogens (tertiary/aromatic N) is 2. The summed E-state index contributed by atoms with van der Waals surface area (Å²) in [5, 5.41) is 2.82. The van der Waals surface area contributed by atoms with Crippen LogP contribution in [-0.4, -0.2) is 29.1 Å². The molecule has 0 atom stereocenters. The van der Waals surface area contributed by atoms with Crippen LogP contribution >= 0.6 is 0 Å². The zero-order valence-corrected chi connectivity index (χ0v) is 17.4. The Bertz CT molecular complexity index is 1020. The number of ether oxygens (including phenoxy) is 3. The van der Waals surface area contributed by atoms with Gasteiger partial charge in [0, 0.05) is 24.2 Å². The lowest BCUT2D eigenvalue weighted by molar-refractivity contribution is 0.102. The Morgan fingerprint density at radius 3 is 2.61 bits per heavy atom. The maximum Gasteiger partial charge on any atom is 0.257 e. The minimum Gasteiger partial charge on any atom is -0.493 e. The first kappa shape index (κ1) is 20.7. The van der Waals surface area contributed by atoms with Crippen LogP contribution in [0.2, 0.25) is 0 Å². The summed E-state index contributed by atoms with van der Waals surface area (Å²) in [6.07, 6.45) is 9.69. The van der Waals surface area contributed by atoms with Gasteiger partial charge >= 0.3 is 0 Å². The van der Waals surface area contributed by atoms with Gasteiger partial charge in [-0.05, 0) is 73.7 Å². The number of carbonyl (C=O) groups is 1. The fourth-order valence-electron chi connectivity index (χ4n) is 3.51. The summed E-state index contributed by atoms with van der Waals surface area (Å²) in [4.78, 5) is 21.1. The number of benzene rings is 1. The number of pyridine rings is 2. The number of hydrogen-bond acceptors (Lipinski definition) is 6. The SMILES string of the molecule is COc1cc(C(=O)Nc2ncccc2OCc2ccncc2)ccc1OC1CCCC1. The van der Waals surface area contributed by atoms with E-state index in [1.807, 2.05) is 12.1 Å². The van der Waals surface area contributed by atoms with Gasteiger partial charge in [0.05, 0.1) is 13.2 Å². The predicted octanol–water partition coefficient (Wildman–Crippen LogP) is 4.64. The first-order valence-electron chi connectivity index (χ1n) is 10.4. The van der Waals surface area contributed by atoms with Gasteiger partial charge in [-0.3, -0.25) is 9.78 Å². The van der Waals surface area contributed by atoms with Crippen molar-refractivity contribution in [1.82, 2.24) is 9.97 Å². The second kappa shape index (κ2) is 9.93. The molecule has 3 aromatic rings. The average molecular weight is 419 g/mol. The molecule has 1 N–H and O–H groups in total. The Morgan fingerprint density at radius 1 is 1.03 bits per heavy atom. The predicted molar refractivity (Wildman–Crippen MR) is 117 cm³/mol. The summed E-state index contributed by atoms with van der Waals surface area (Å²) in [6, 6.07) is 12.5. The molecule has 0 bridgehead atoms. The number of aromatic nitrogens is 2. The van der Waals surface area contributed by atoms with Crippen molar-refractivity contribution in [3.05, 3.63) is 72.2 Å². The van der Waals surface area contributed by atoms with E-state index in [9.17, 15) is 4.79 Å². The topological polar surface area (TPSA) is 82.6 Å². The summed E-state index contributed by atoms with van der Waals surface area (Å²) >= 11 is 0. The molecule has 1 aliphatic rings. The zero-order chi connectivity index (χ0) is 21.5. The Morgan fingerprint density at radius 2 is 1.84 bits per heavy atom. The molecule has 1 aliphatic carbocycles. The van der Waals surface area contributed by atoms with Crippen LogP contribution in [0.15, 0.2) is 61.1 Å². The van der Waals surface area contributed by atoms with Crippen LogP contribution in [0.1, 0.15) is 41.6 Å². The van der Waals surface area contributed by atoms with Gasteiger partial charge < -0.3 is 19.5 Å². The molecule has 1 saturated carbocycles. The van der Waals surface area contributed by atoms with E-state index in [0.29, 0.717) is 35.2 Å². The van der Waals surface area contributed by atoms with E-state index >= 15 is 0 Å². The highest BCUT2D eigenvalue weighted by atomic mass is 16.5. The molecule has 1 fully saturated rings. The van der Waals surface area contributed by atoms with Crippen LogP contribution in [0.5, 0.6) is 17.2 Å². The molecule has 4 rings (SSSR count). The maximum absolute atomic E-state index is 12.9. The molecule has 0 spiro atoms. The van der Waals surface area contributed by atoms with Crippen molar-refractivity contribution in [1.29, 1.82) is 0 Å². The van der Waals surface area contributed by atoms with Crippen LogP contribution in [0.4, 0.5) is 5.82 Å². The third-order valence-corrected chi connectivity index (χ3v) is 5.17. The Balaban J connectivity index is 1.45. The van der Waals surface area contributed by atoms with Crippen molar-refractivity contribution in [2.45, 2.75) is 38.4 Å². The standard InChI is InChI=1S/C24H25N3O4/c1-29-22-15-18(8-9-20(22)31-19-5-2-3-6-19)24(28)27-23-21(7-4-12-26-23)30-16-17-10-13-25-14-11-17/h4,7-15,19H,2-3,5-6,16H2,1H3,(H,26,27,28). The van der Waals surface area contributed by atoms with E-state index in [4.69, 9.17) is 14.2 Å². The molecule has 31 heavy (non-hydrogen) atoms. The highest BCUT2D eigenvalue weighted by Crippen LogP contribution is 2.33. The van der Waals surface area contributed by atoms with Crippen molar-refractivity contribution in [2.75, 3.05) is 12.4 Å². The van der Waals surface area contributed by atoms with Gasteiger partial charge in [0.2, 0.25) is 0 Å². The normalized spacial score (nSPS) is 13.6. The van der Waals surface area contributed by atoms with Crippen molar-refractivity contribution < 1.29 is 19.0 Å². The van der Waals surface area contributed by atoms with Gasteiger partial charge in [0.15, 0.2) is 23.1 Å². The molecule has 1 amide bonds. The molecule has 2 heterocycles. The zero-order valence-electron chi connectivity index (χ0n) is 17.4. The van der Waals surface area contributed by atoms with Crippen molar-refractivity contribution in [3.63, 3.8) is 0 Å². The second-order valence-corrected chi connectivity index (χ2v) is 7.34. The van der Waals surface area contributed by atoms with E-state index in [0.717, 1.165) is 18.4 Å². The van der Waals surface area contributed by atoms with Gasteiger partial charge in [-0.15, -0.1) is 0 Å². The largest absolute Gasteiger partial charge is 0.493 e. The lowest BCUT2D eigenvalue weighted by atomic mass is 10.2. The van der Waals surface area contributed by atoms with Crippen LogP contribution < -0.4 is 19.5 Å². The lowest BCUT2D eigenvalue weighted by Crippen LogP contribution is -2.15. The van der Waals surface area contributed by atoms with Crippen LogP contribution in [0.25, 0.3) is 0 Å². The van der Waals surface area contributed by atoms with E-state index < -0.39 is 0 Å². The number of carbonyl (C=O) groups excluding carboxylic acids is 1. The monoisotopic (exact) mass is 419 g/mol. The summed E-state index contributed by atoms with van der Waals surface area (Å²) in [5.74, 6) is 1.73. The number of rotatable bonds is 8. The van der Waals surface area contributed by atoms with E-state index in [-0.39, 0.29) is 12.0 Å². The molecular weight excluding hydrogens is 394 g/mol. The molecule has 0 aliphatic heterocycles. The van der Waals surface area contributed by atoms with E-state index in [1.54, 1.807) is 56.0 Å². The average Bonchev–Trinajstić information content (AvgIpc) is 3.32. The van der Waals surface area contributed by atoms with Crippen LogP contribution in [-0.2, 0) is 6.61 Å². The van der Waals surface area contributed by atoms with Crippen molar-refractivity contribution in [3.8, 4) is 17.2 Å². The quantitative estimate of drug-likeness (QED) is 0.573. The molecule has 1 aromatic carbocycles. The van der Waals surface area contributed by atoms with Gasteiger partial charge in [0.1, 0.15) is 6.61 Å².